The standard InChI is InChI=1S/C11H18ClNO3/c1-16-7-6-13-11(15)9-5-3-2-4-8(9)10(12)14/h8-9H,2-7H2,1H3,(H,13,15). The number of rotatable bonds is 5. The summed E-state index contributed by atoms with van der Waals surface area (Å²) in [5.74, 6) is -0.635. The summed E-state index contributed by atoms with van der Waals surface area (Å²) in [6.07, 6.45) is 3.45. The van der Waals surface area contributed by atoms with Crippen LogP contribution in [-0.4, -0.2) is 31.4 Å². The average Bonchev–Trinajstić information content (AvgIpc) is 2.29. The van der Waals surface area contributed by atoms with E-state index in [-0.39, 0.29) is 23.0 Å². The van der Waals surface area contributed by atoms with E-state index in [9.17, 15) is 9.59 Å². The Morgan fingerprint density at radius 3 is 2.50 bits per heavy atom. The molecule has 2 atom stereocenters. The molecule has 1 saturated carbocycles. The van der Waals surface area contributed by atoms with Crippen molar-refractivity contribution in [2.45, 2.75) is 25.7 Å². The Hall–Kier alpha value is -0.610. The Labute approximate surface area is 101 Å². The van der Waals surface area contributed by atoms with E-state index in [1.165, 1.54) is 0 Å². The maximum absolute atomic E-state index is 11.8. The molecule has 1 aliphatic carbocycles. The number of nitrogens with one attached hydrogen (secondary N) is 1. The number of carbonyl (C=O) groups excluding carboxylic acids is 2. The first-order valence-electron chi connectivity index (χ1n) is 5.62. The number of ether oxygens (including phenoxy) is 1. The number of halogens is 1. The van der Waals surface area contributed by atoms with Gasteiger partial charge in [-0.3, -0.25) is 9.59 Å². The first kappa shape index (κ1) is 13.5. The maximum Gasteiger partial charge on any atom is 0.225 e. The molecule has 1 N–H and O–H groups in total. The summed E-state index contributed by atoms with van der Waals surface area (Å²) in [7, 11) is 1.58. The normalized spacial score (nSPS) is 25.1. The minimum Gasteiger partial charge on any atom is -0.383 e. The fraction of sp³-hybridized carbons (Fsp3) is 0.818. The highest BCUT2D eigenvalue weighted by molar-refractivity contribution is 6.64. The predicted octanol–water partition coefficient (Wildman–Crippen LogP) is 1.32. The first-order chi connectivity index (χ1) is 7.66. The van der Waals surface area contributed by atoms with Gasteiger partial charge in [0, 0.05) is 25.5 Å². The van der Waals surface area contributed by atoms with Gasteiger partial charge < -0.3 is 10.1 Å². The van der Waals surface area contributed by atoms with Crippen LogP contribution in [0.15, 0.2) is 0 Å². The van der Waals surface area contributed by atoms with Gasteiger partial charge in [-0.1, -0.05) is 12.8 Å². The van der Waals surface area contributed by atoms with Crippen LogP contribution in [0.2, 0.25) is 0 Å². The number of hydrogen-bond acceptors (Lipinski definition) is 3. The van der Waals surface area contributed by atoms with Crippen LogP contribution in [0.5, 0.6) is 0 Å². The lowest BCUT2D eigenvalue weighted by Gasteiger charge is -2.27. The predicted molar refractivity (Wildman–Crippen MR) is 61.2 cm³/mol. The van der Waals surface area contributed by atoms with Gasteiger partial charge in [-0.15, -0.1) is 0 Å². The van der Waals surface area contributed by atoms with E-state index in [2.05, 4.69) is 5.32 Å². The Morgan fingerprint density at radius 2 is 1.94 bits per heavy atom. The highest BCUT2D eigenvalue weighted by Crippen LogP contribution is 2.31. The van der Waals surface area contributed by atoms with Crippen molar-refractivity contribution in [1.82, 2.24) is 5.32 Å². The molecule has 0 aromatic heterocycles. The molecule has 0 saturated heterocycles. The highest BCUT2D eigenvalue weighted by atomic mass is 35.5. The summed E-state index contributed by atoms with van der Waals surface area (Å²) in [6.45, 7) is 0.965. The second kappa shape index (κ2) is 6.86. The highest BCUT2D eigenvalue weighted by Gasteiger charge is 2.34. The monoisotopic (exact) mass is 247 g/mol. The number of hydrogen-bond donors (Lipinski definition) is 1. The fourth-order valence-corrected chi connectivity index (χ4v) is 2.38. The Morgan fingerprint density at radius 1 is 1.31 bits per heavy atom. The van der Waals surface area contributed by atoms with Gasteiger partial charge in [0.1, 0.15) is 0 Å². The summed E-state index contributed by atoms with van der Waals surface area (Å²) in [6, 6.07) is 0. The van der Waals surface area contributed by atoms with Crippen LogP contribution in [0.4, 0.5) is 0 Å². The summed E-state index contributed by atoms with van der Waals surface area (Å²) in [4.78, 5) is 23.0. The third-order valence-electron chi connectivity index (χ3n) is 3.00. The van der Waals surface area contributed by atoms with E-state index in [0.717, 1.165) is 25.7 Å². The quantitative estimate of drug-likeness (QED) is 0.589. The molecular weight excluding hydrogens is 230 g/mol. The van der Waals surface area contributed by atoms with Crippen molar-refractivity contribution in [3.05, 3.63) is 0 Å². The average molecular weight is 248 g/mol. The summed E-state index contributed by atoms with van der Waals surface area (Å²) >= 11 is 5.51. The largest absolute Gasteiger partial charge is 0.383 e. The van der Waals surface area contributed by atoms with Crippen molar-refractivity contribution in [2.24, 2.45) is 11.8 Å². The molecule has 0 aromatic carbocycles. The van der Waals surface area contributed by atoms with E-state index < -0.39 is 0 Å². The minimum atomic E-state index is -0.383. The molecule has 0 radical (unpaired) electrons. The molecule has 5 heteroatoms. The van der Waals surface area contributed by atoms with Gasteiger partial charge in [0.25, 0.3) is 0 Å². The molecule has 1 rings (SSSR count). The molecule has 0 bridgehead atoms. The van der Waals surface area contributed by atoms with Gasteiger partial charge in [0.2, 0.25) is 11.1 Å². The smallest absolute Gasteiger partial charge is 0.225 e. The van der Waals surface area contributed by atoms with Gasteiger partial charge in [0.15, 0.2) is 0 Å². The lowest BCUT2D eigenvalue weighted by molar-refractivity contribution is -0.132. The molecule has 0 aliphatic heterocycles. The zero-order chi connectivity index (χ0) is 12.0. The van der Waals surface area contributed by atoms with Crippen molar-refractivity contribution in [3.8, 4) is 0 Å². The van der Waals surface area contributed by atoms with Gasteiger partial charge in [-0.25, -0.2) is 0 Å². The van der Waals surface area contributed by atoms with Crippen LogP contribution in [-0.2, 0) is 14.3 Å². The third-order valence-corrected chi connectivity index (χ3v) is 3.28. The number of carbonyl (C=O) groups is 2. The van der Waals surface area contributed by atoms with Gasteiger partial charge in [0.05, 0.1) is 6.61 Å². The molecule has 0 heterocycles. The van der Waals surface area contributed by atoms with Crippen LogP contribution in [0.1, 0.15) is 25.7 Å². The minimum absolute atomic E-state index is 0.0734. The molecule has 16 heavy (non-hydrogen) atoms. The van der Waals surface area contributed by atoms with Gasteiger partial charge >= 0.3 is 0 Å². The fourth-order valence-electron chi connectivity index (χ4n) is 2.12. The molecule has 1 fully saturated rings. The second-order valence-corrected chi connectivity index (χ2v) is 4.46. The van der Waals surface area contributed by atoms with Crippen molar-refractivity contribution >= 4 is 22.8 Å². The topological polar surface area (TPSA) is 55.4 Å². The molecule has 92 valence electrons. The van der Waals surface area contributed by atoms with E-state index in [4.69, 9.17) is 16.3 Å². The first-order valence-corrected chi connectivity index (χ1v) is 6.00. The van der Waals surface area contributed by atoms with Crippen molar-refractivity contribution in [1.29, 1.82) is 0 Å². The van der Waals surface area contributed by atoms with E-state index in [1.54, 1.807) is 7.11 Å². The van der Waals surface area contributed by atoms with Crippen molar-refractivity contribution in [2.75, 3.05) is 20.3 Å². The SMILES string of the molecule is COCCNC(=O)C1CCCCC1C(=O)Cl. The van der Waals surface area contributed by atoms with Crippen molar-refractivity contribution < 1.29 is 14.3 Å². The third kappa shape index (κ3) is 3.76. The summed E-state index contributed by atoms with van der Waals surface area (Å²) < 4.78 is 4.85. The Balaban J connectivity index is 2.47. The Kier molecular flexibility index (Phi) is 5.77. The molecule has 1 aliphatic rings. The molecule has 0 spiro atoms. The van der Waals surface area contributed by atoms with E-state index in [0.29, 0.717) is 13.2 Å². The van der Waals surface area contributed by atoms with Gasteiger partial charge in [-0.05, 0) is 24.4 Å². The zero-order valence-corrected chi connectivity index (χ0v) is 10.3. The molecule has 1 amide bonds. The van der Waals surface area contributed by atoms with E-state index in [1.807, 2.05) is 0 Å². The second-order valence-electron chi connectivity index (χ2n) is 4.09. The molecular formula is C11H18ClNO3. The zero-order valence-electron chi connectivity index (χ0n) is 9.50. The van der Waals surface area contributed by atoms with Crippen molar-refractivity contribution in [3.63, 3.8) is 0 Å². The summed E-state index contributed by atoms with van der Waals surface area (Å²) in [5, 5.41) is 2.38. The van der Waals surface area contributed by atoms with Gasteiger partial charge in [-0.2, -0.15) is 0 Å². The van der Waals surface area contributed by atoms with Crippen LogP contribution in [0, 0.1) is 11.8 Å². The molecule has 0 aromatic rings. The van der Waals surface area contributed by atoms with Crippen LogP contribution in [0.25, 0.3) is 0 Å². The van der Waals surface area contributed by atoms with Crippen LogP contribution >= 0.6 is 11.6 Å². The number of methoxy groups -OCH3 is 1. The molecule has 4 nitrogen and oxygen atoms in total. The lowest BCUT2D eigenvalue weighted by Crippen LogP contribution is -2.39. The Bertz CT molecular complexity index is 258. The van der Waals surface area contributed by atoms with Crippen LogP contribution < -0.4 is 5.32 Å². The molecule has 2 unspecified atom stereocenters. The number of amides is 1. The summed E-state index contributed by atoms with van der Waals surface area (Å²) in [5.41, 5.74) is 0. The van der Waals surface area contributed by atoms with E-state index >= 15 is 0 Å². The maximum atomic E-state index is 11.8. The van der Waals surface area contributed by atoms with Crippen LogP contribution in [0.3, 0.4) is 0 Å². The lowest BCUT2D eigenvalue weighted by atomic mass is 9.79.